The second kappa shape index (κ2) is 4.76. The Morgan fingerprint density at radius 2 is 1.89 bits per heavy atom. The summed E-state index contributed by atoms with van der Waals surface area (Å²) in [5, 5.41) is 11.4. The zero-order valence-electron chi connectivity index (χ0n) is 10.3. The van der Waals surface area contributed by atoms with Crippen molar-refractivity contribution in [2.45, 2.75) is 19.3 Å². The lowest BCUT2D eigenvalue weighted by Crippen LogP contribution is -2.29. The van der Waals surface area contributed by atoms with Crippen LogP contribution in [0.25, 0.3) is 0 Å². The minimum Gasteiger partial charge on any atom is -0.481 e. The third-order valence-corrected chi connectivity index (χ3v) is 5.75. The molecule has 0 radical (unpaired) electrons. The van der Waals surface area contributed by atoms with Crippen LogP contribution in [-0.2, 0) is 9.59 Å². The summed E-state index contributed by atoms with van der Waals surface area (Å²) in [7, 11) is 0. The number of thioether (sulfide) groups is 1. The van der Waals surface area contributed by atoms with Gasteiger partial charge in [-0.2, -0.15) is 0 Å². The molecular formula is C13H19NO3S. The summed E-state index contributed by atoms with van der Waals surface area (Å²) >= 11 is 1.36. The molecule has 3 saturated carbocycles. The molecule has 0 aromatic carbocycles. The van der Waals surface area contributed by atoms with Crippen molar-refractivity contribution in [3.8, 4) is 0 Å². The van der Waals surface area contributed by atoms with Gasteiger partial charge in [-0.05, 0) is 42.9 Å². The maximum atomic E-state index is 12.0. The van der Waals surface area contributed by atoms with Crippen LogP contribution < -0.4 is 5.32 Å². The average Bonchev–Trinajstić information content (AvgIpc) is 2.77. The minimum atomic E-state index is -0.792. The number of carboxylic acid groups (broad SMARTS) is 1. The molecule has 2 bridgehead atoms. The van der Waals surface area contributed by atoms with E-state index in [2.05, 4.69) is 5.32 Å². The predicted molar refractivity (Wildman–Crippen MR) is 69.3 cm³/mol. The zero-order chi connectivity index (χ0) is 12.7. The highest BCUT2D eigenvalue weighted by molar-refractivity contribution is 7.99. The topological polar surface area (TPSA) is 66.4 Å². The molecule has 0 spiro atoms. The number of aliphatic carboxylic acids is 1. The van der Waals surface area contributed by atoms with Crippen molar-refractivity contribution in [3.63, 3.8) is 0 Å². The number of amides is 1. The van der Waals surface area contributed by atoms with E-state index in [1.165, 1.54) is 31.0 Å². The van der Waals surface area contributed by atoms with Crippen molar-refractivity contribution in [1.82, 2.24) is 5.32 Å². The van der Waals surface area contributed by atoms with Gasteiger partial charge in [-0.15, -0.1) is 11.8 Å². The van der Waals surface area contributed by atoms with E-state index in [1.807, 2.05) is 0 Å². The second-order valence-electron chi connectivity index (χ2n) is 5.75. The summed E-state index contributed by atoms with van der Waals surface area (Å²) in [6, 6.07) is 0. The minimum absolute atomic E-state index is 0.120. The van der Waals surface area contributed by atoms with Gasteiger partial charge < -0.3 is 10.4 Å². The van der Waals surface area contributed by atoms with Gasteiger partial charge in [0.15, 0.2) is 0 Å². The summed E-state index contributed by atoms with van der Waals surface area (Å²) in [6.45, 7) is 0.599. The van der Waals surface area contributed by atoms with Crippen molar-refractivity contribution in [1.29, 1.82) is 0 Å². The molecule has 0 aromatic rings. The van der Waals surface area contributed by atoms with Gasteiger partial charge in [0.05, 0.1) is 5.75 Å². The van der Waals surface area contributed by atoms with Crippen molar-refractivity contribution < 1.29 is 14.7 Å². The third kappa shape index (κ3) is 2.13. The molecule has 3 rings (SSSR count). The Kier molecular flexibility index (Phi) is 3.26. The number of fused-ring (bicyclic) bond motifs is 5. The SMILES string of the molecule is O=C(O)CSCCNC(=O)C1C2C3CCC(C3)C12. The highest BCUT2D eigenvalue weighted by atomic mass is 32.2. The molecule has 0 aromatic heterocycles. The molecule has 1 amide bonds. The van der Waals surface area contributed by atoms with E-state index >= 15 is 0 Å². The predicted octanol–water partition coefficient (Wildman–Crippen LogP) is 1.21. The first kappa shape index (κ1) is 12.3. The molecule has 18 heavy (non-hydrogen) atoms. The van der Waals surface area contributed by atoms with Gasteiger partial charge in [-0.1, -0.05) is 0 Å². The molecule has 5 heteroatoms. The van der Waals surface area contributed by atoms with Crippen LogP contribution in [0, 0.1) is 29.6 Å². The number of carbonyl (C=O) groups excluding carboxylic acids is 1. The zero-order valence-corrected chi connectivity index (χ0v) is 11.1. The van der Waals surface area contributed by atoms with E-state index in [0.29, 0.717) is 30.1 Å². The molecule has 3 aliphatic rings. The normalized spacial score (nSPS) is 39.4. The van der Waals surface area contributed by atoms with Gasteiger partial charge in [0, 0.05) is 18.2 Å². The molecule has 4 unspecified atom stereocenters. The first-order valence-corrected chi connectivity index (χ1v) is 7.91. The molecule has 3 fully saturated rings. The number of hydrogen-bond acceptors (Lipinski definition) is 3. The van der Waals surface area contributed by atoms with Gasteiger partial charge in [0.2, 0.25) is 5.91 Å². The van der Waals surface area contributed by atoms with E-state index in [-0.39, 0.29) is 11.7 Å². The number of carboxylic acids is 1. The van der Waals surface area contributed by atoms with E-state index in [0.717, 1.165) is 11.8 Å². The average molecular weight is 269 g/mol. The maximum absolute atomic E-state index is 12.0. The molecule has 0 heterocycles. The molecule has 0 aliphatic heterocycles. The van der Waals surface area contributed by atoms with Crippen LogP contribution in [0.3, 0.4) is 0 Å². The van der Waals surface area contributed by atoms with Crippen LogP contribution in [0.15, 0.2) is 0 Å². The molecule has 2 N–H and O–H groups in total. The van der Waals surface area contributed by atoms with Gasteiger partial charge in [0.25, 0.3) is 0 Å². The number of nitrogens with one attached hydrogen (secondary N) is 1. The monoisotopic (exact) mass is 269 g/mol. The van der Waals surface area contributed by atoms with Crippen molar-refractivity contribution in [3.05, 3.63) is 0 Å². The van der Waals surface area contributed by atoms with Crippen LogP contribution in [0.2, 0.25) is 0 Å². The van der Waals surface area contributed by atoms with Gasteiger partial charge in [-0.25, -0.2) is 0 Å². The van der Waals surface area contributed by atoms with E-state index in [9.17, 15) is 9.59 Å². The Hall–Kier alpha value is -0.710. The van der Waals surface area contributed by atoms with Crippen LogP contribution in [0.1, 0.15) is 19.3 Å². The maximum Gasteiger partial charge on any atom is 0.313 e. The van der Waals surface area contributed by atoms with Gasteiger partial charge in [-0.3, -0.25) is 9.59 Å². The summed E-state index contributed by atoms with van der Waals surface area (Å²) in [4.78, 5) is 22.3. The number of rotatable bonds is 6. The molecule has 0 saturated heterocycles. The summed E-state index contributed by atoms with van der Waals surface area (Å²) in [6.07, 6.45) is 4.04. The molecule has 4 nitrogen and oxygen atoms in total. The molecule has 100 valence electrons. The summed E-state index contributed by atoms with van der Waals surface area (Å²) < 4.78 is 0. The van der Waals surface area contributed by atoms with Crippen LogP contribution in [0.4, 0.5) is 0 Å². The largest absolute Gasteiger partial charge is 0.481 e. The van der Waals surface area contributed by atoms with E-state index in [4.69, 9.17) is 5.11 Å². The Bertz CT molecular complexity index is 357. The summed E-state index contributed by atoms with van der Waals surface area (Å²) in [5.41, 5.74) is 0. The molecule has 4 atom stereocenters. The fourth-order valence-corrected chi connectivity index (χ4v) is 4.76. The van der Waals surface area contributed by atoms with Gasteiger partial charge >= 0.3 is 5.97 Å². The lowest BCUT2D eigenvalue weighted by molar-refractivity contribution is -0.133. The van der Waals surface area contributed by atoms with Crippen LogP contribution in [0.5, 0.6) is 0 Å². The second-order valence-corrected chi connectivity index (χ2v) is 6.86. The fraction of sp³-hybridized carbons (Fsp3) is 0.846. The van der Waals surface area contributed by atoms with E-state index < -0.39 is 5.97 Å². The molecular weight excluding hydrogens is 250 g/mol. The quantitative estimate of drug-likeness (QED) is 0.711. The Labute approximate surface area is 111 Å². The third-order valence-electron chi connectivity index (χ3n) is 4.81. The van der Waals surface area contributed by atoms with Crippen molar-refractivity contribution in [2.24, 2.45) is 29.6 Å². The molecule has 3 aliphatic carbocycles. The Morgan fingerprint density at radius 3 is 2.50 bits per heavy atom. The first-order chi connectivity index (χ1) is 8.68. The standard InChI is InChI=1S/C13H19NO3S/c15-9(16)6-18-4-3-14-13(17)12-10-7-1-2-8(5-7)11(10)12/h7-8,10-12H,1-6H2,(H,14,17)(H,15,16). The van der Waals surface area contributed by atoms with E-state index in [1.54, 1.807) is 0 Å². The Balaban J connectivity index is 1.35. The van der Waals surface area contributed by atoms with Crippen LogP contribution >= 0.6 is 11.8 Å². The first-order valence-electron chi connectivity index (χ1n) is 6.75. The fourth-order valence-electron chi connectivity index (χ4n) is 4.20. The van der Waals surface area contributed by atoms with Crippen molar-refractivity contribution in [2.75, 3.05) is 18.1 Å². The smallest absolute Gasteiger partial charge is 0.313 e. The number of carbonyl (C=O) groups is 2. The highest BCUT2D eigenvalue weighted by Gasteiger charge is 2.67. The van der Waals surface area contributed by atoms with Gasteiger partial charge in [0.1, 0.15) is 0 Å². The Morgan fingerprint density at radius 1 is 1.22 bits per heavy atom. The van der Waals surface area contributed by atoms with Crippen LogP contribution in [-0.4, -0.2) is 35.0 Å². The lowest BCUT2D eigenvalue weighted by Gasteiger charge is -2.09. The number of hydrogen-bond donors (Lipinski definition) is 2. The van der Waals surface area contributed by atoms with Crippen molar-refractivity contribution >= 4 is 23.6 Å². The summed E-state index contributed by atoms with van der Waals surface area (Å²) in [5.74, 6) is 3.57. The lowest BCUT2D eigenvalue weighted by atomic mass is 10.0. The highest BCUT2D eigenvalue weighted by Crippen LogP contribution is 2.69.